The molecule has 2 heterocycles. The fourth-order valence-corrected chi connectivity index (χ4v) is 5.65. The Labute approximate surface area is 168 Å². The van der Waals surface area contributed by atoms with E-state index in [2.05, 4.69) is 0 Å². The lowest BCUT2D eigenvalue weighted by molar-refractivity contribution is 0.0708. The van der Waals surface area contributed by atoms with E-state index in [4.69, 9.17) is 5.73 Å². The van der Waals surface area contributed by atoms with Crippen LogP contribution in [-0.2, 0) is 10.0 Å². The first-order valence-corrected chi connectivity index (χ1v) is 10.9. The zero-order valence-corrected chi connectivity index (χ0v) is 17.7. The number of likely N-dealkylation sites (tertiary alicyclic amines) is 1. The van der Waals surface area contributed by atoms with Crippen LogP contribution in [0.5, 0.6) is 0 Å². The van der Waals surface area contributed by atoms with Crippen molar-refractivity contribution in [3.63, 3.8) is 0 Å². The summed E-state index contributed by atoms with van der Waals surface area (Å²) in [7, 11) is -3.59. The fourth-order valence-electron chi connectivity index (χ4n) is 3.92. The van der Waals surface area contributed by atoms with Crippen molar-refractivity contribution in [1.29, 1.82) is 0 Å². The highest BCUT2D eigenvalue weighted by Crippen LogP contribution is 2.27. The minimum absolute atomic E-state index is 0. The van der Waals surface area contributed by atoms with Crippen LogP contribution in [-0.4, -0.2) is 55.2 Å². The number of carbonyl (C=O) groups excluding carboxylic acids is 1. The highest BCUT2D eigenvalue weighted by Gasteiger charge is 2.32. The molecule has 0 bridgehead atoms. The van der Waals surface area contributed by atoms with Crippen molar-refractivity contribution in [2.75, 3.05) is 19.6 Å². The zero-order valence-electron chi connectivity index (χ0n) is 16.1. The molecule has 2 aliphatic rings. The van der Waals surface area contributed by atoms with Gasteiger partial charge in [0.15, 0.2) is 0 Å². The third-order valence-electron chi connectivity index (χ3n) is 5.53. The molecule has 2 unspecified atom stereocenters. The first kappa shape index (κ1) is 22.1. The molecular formula is C19H30ClN3O3S. The molecule has 2 aliphatic heterocycles. The van der Waals surface area contributed by atoms with Crippen LogP contribution in [0.4, 0.5) is 0 Å². The van der Waals surface area contributed by atoms with Gasteiger partial charge in [0.25, 0.3) is 5.91 Å². The van der Waals surface area contributed by atoms with E-state index < -0.39 is 10.0 Å². The van der Waals surface area contributed by atoms with E-state index in [1.54, 1.807) is 27.4 Å². The van der Waals surface area contributed by atoms with E-state index in [0.717, 1.165) is 37.7 Å². The van der Waals surface area contributed by atoms with E-state index in [1.807, 2.05) is 13.8 Å². The predicted molar refractivity (Wildman–Crippen MR) is 109 cm³/mol. The minimum atomic E-state index is -3.59. The third kappa shape index (κ3) is 4.65. The SMILES string of the molecule is Cc1ccc(S(=O)(=O)N2CCCCC2C)cc1C(=O)N1CCCC(N)C1.Cl. The average molecular weight is 416 g/mol. The number of hydrogen-bond acceptors (Lipinski definition) is 4. The van der Waals surface area contributed by atoms with Gasteiger partial charge in [-0.1, -0.05) is 12.5 Å². The van der Waals surface area contributed by atoms with Crippen molar-refractivity contribution < 1.29 is 13.2 Å². The summed E-state index contributed by atoms with van der Waals surface area (Å²) < 4.78 is 27.8. The van der Waals surface area contributed by atoms with Crippen LogP contribution in [0.25, 0.3) is 0 Å². The molecule has 6 nitrogen and oxygen atoms in total. The summed E-state index contributed by atoms with van der Waals surface area (Å²) in [6.45, 7) is 5.54. The Balaban J connectivity index is 0.00000261. The minimum Gasteiger partial charge on any atom is -0.337 e. The topological polar surface area (TPSA) is 83.7 Å². The number of amides is 1. The van der Waals surface area contributed by atoms with Crippen molar-refractivity contribution in [1.82, 2.24) is 9.21 Å². The van der Waals surface area contributed by atoms with Crippen LogP contribution < -0.4 is 5.73 Å². The quantitative estimate of drug-likeness (QED) is 0.822. The number of piperidine rings is 2. The smallest absolute Gasteiger partial charge is 0.254 e. The molecule has 27 heavy (non-hydrogen) atoms. The largest absolute Gasteiger partial charge is 0.337 e. The molecule has 1 amide bonds. The molecule has 0 aromatic heterocycles. The number of rotatable bonds is 3. The molecular weight excluding hydrogens is 386 g/mol. The fraction of sp³-hybridized carbons (Fsp3) is 0.632. The Morgan fingerprint density at radius 1 is 1.15 bits per heavy atom. The number of hydrogen-bond donors (Lipinski definition) is 1. The number of benzene rings is 1. The van der Waals surface area contributed by atoms with Gasteiger partial charge < -0.3 is 10.6 Å². The summed E-state index contributed by atoms with van der Waals surface area (Å²) in [5.41, 5.74) is 7.25. The molecule has 2 fully saturated rings. The predicted octanol–water partition coefficient (Wildman–Crippen LogP) is 2.54. The number of halogens is 1. The van der Waals surface area contributed by atoms with Crippen molar-refractivity contribution in [3.05, 3.63) is 29.3 Å². The molecule has 1 aromatic carbocycles. The van der Waals surface area contributed by atoms with E-state index >= 15 is 0 Å². The molecule has 2 N–H and O–H groups in total. The van der Waals surface area contributed by atoms with Crippen LogP contribution in [0.2, 0.25) is 0 Å². The summed E-state index contributed by atoms with van der Waals surface area (Å²) in [4.78, 5) is 14.9. The molecule has 1 aromatic rings. The first-order chi connectivity index (χ1) is 12.3. The van der Waals surface area contributed by atoms with Gasteiger partial charge in [0, 0.05) is 37.3 Å². The van der Waals surface area contributed by atoms with E-state index in [1.165, 1.54) is 0 Å². The van der Waals surface area contributed by atoms with Crippen LogP contribution >= 0.6 is 12.4 Å². The number of nitrogens with zero attached hydrogens (tertiary/aromatic N) is 2. The van der Waals surface area contributed by atoms with Crippen LogP contribution in [0.15, 0.2) is 23.1 Å². The lowest BCUT2D eigenvalue weighted by Gasteiger charge is -2.33. The molecule has 8 heteroatoms. The van der Waals surface area contributed by atoms with Gasteiger partial charge in [-0.3, -0.25) is 4.79 Å². The number of carbonyl (C=O) groups is 1. The molecule has 2 atom stereocenters. The van der Waals surface area contributed by atoms with Gasteiger partial charge in [0.1, 0.15) is 0 Å². The maximum absolute atomic E-state index is 13.1. The van der Waals surface area contributed by atoms with Gasteiger partial charge in [0.2, 0.25) is 10.0 Å². The van der Waals surface area contributed by atoms with Crippen molar-refractivity contribution in [3.8, 4) is 0 Å². The highest BCUT2D eigenvalue weighted by molar-refractivity contribution is 7.89. The molecule has 0 aliphatic carbocycles. The van der Waals surface area contributed by atoms with Gasteiger partial charge in [-0.2, -0.15) is 4.31 Å². The Morgan fingerprint density at radius 2 is 1.89 bits per heavy atom. The lowest BCUT2D eigenvalue weighted by Crippen LogP contribution is -2.46. The van der Waals surface area contributed by atoms with Gasteiger partial charge in [-0.15, -0.1) is 12.4 Å². The Morgan fingerprint density at radius 3 is 2.56 bits per heavy atom. The van der Waals surface area contributed by atoms with E-state index in [9.17, 15) is 13.2 Å². The molecule has 2 saturated heterocycles. The lowest BCUT2D eigenvalue weighted by atomic mass is 10.0. The van der Waals surface area contributed by atoms with Crippen molar-refractivity contribution in [2.24, 2.45) is 5.73 Å². The van der Waals surface area contributed by atoms with Gasteiger partial charge in [-0.25, -0.2) is 8.42 Å². The van der Waals surface area contributed by atoms with Gasteiger partial charge >= 0.3 is 0 Å². The van der Waals surface area contributed by atoms with Crippen molar-refractivity contribution in [2.45, 2.75) is 62.9 Å². The normalized spacial score (nSPS) is 24.3. The summed E-state index contributed by atoms with van der Waals surface area (Å²) >= 11 is 0. The molecule has 0 radical (unpaired) electrons. The maximum Gasteiger partial charge on any atom is 0.254 e. The Kier molecular flexibility index (Phi) is 7.30. The van der Waals surface area contributed by atoms with Crippen LogP contribution in [0.3, 0.4) is 0 Å². The summed E-state index contributed by atoms with van der Waals surface area (Å²) in [5, 5.41) is 0. The molecule has 0 saturated carbocycles. The number of aryl methyl sites for hydroxylation is 1. The van der Waals surface area contributed by atoms with Gasteiger partial charge in [-0.05, 0) is 57.2 Å². The summed E-state index contributed by atoms with van der Waals surface area (Å²) in [6.07, 6.45) is 4.62. The first-order valence-electron chi connectivity index (χ1n) is 9.48. The molecule has 152 valence electrons. The summed E-state index contributed by atoms with van der Waals surface area (Å²) in [6, 6.07) is 4.89. The third-order valence-corrected chi connectivity index (χ3v) is 7.54. The number of sulfonamides is 1. The van der Waals surface area contributed by atoms with E-state index in [-0.39, 0.29) is 35.3 Å². The molecule has 3 rings (SSSR count). The monoisotopic (exact) mass is 415 g/mol. The molecule has 0 spiro atoms. The van der Waals surface area contributed by atoms with Crippen LogP contribution in [0.1, 0.15) is 54.9 Å². The second kappa shape index (κ2) is 8.90. The summed E-state index contributed by atoms with van der Waals surface area (Å²) in [5.74, 6) is -0.124. The second-order valence-electron chi connectivity index (χ2n) is 7.59. The van der Waals surface area contributed by atoms with Gasteiger partial charge in [0.05, 0.1) is 4.90 Å². The van der Waals surface area contributed by atoms with E-state index in [0.29, 0.717) is 25.2 Å². The Hall–Kier alpha value is -1.15. The standard InChI is InChI=1S/C19H29N3O3S.ClH/c1-14-8-9-17(26(24,25)22-11-4-3-6-15(22)2)12-18(14)19(23)21-10-5-7-16(20)13-21;/h8-9,12,15-16H,3-7,10-11,13,20H2,1-2H3;1H. The number of nitrogens with two attached hydrogens (primary N) is 1. The second-order valence-corrected chi connectivity index (χ2v) is 9.48. The highest BCUT2D eigenvalue weighted by atomic mass is 35.5. The van der Waals surface area contributed by atoms with Crippen LogP contribution in [0, 0.1) is 6.92 Å². The zero-order chi connectivity index (χ0) is 18.9. The van der Waals surface area contributed by atoms with Crippen molar-refractivity contribution >= 4 is 28.3 Å². The average Bonchev–Trinajstić information content (AvgIpc) is 2.61. The Bertz CT molecular complexity index is 784. The maximum atomic E-state index is 13.1.